The smallest absolute Gasteiger partial charge is 0.138 e. The van der Waals surface area contributed by atoms with Crippen molar-refractivity contribution in [3.63, 3.8) is 0 Å². The van der Waals surface area contributed by atoms with Crippen molar-refractivity contribution >= 4 is 17.3 Å². The molecule has 1 aromatic heterocycles. The second kappa shape index (κ2) is 6.43. The maximum Gasteiger partial charge on any atom is 0.138 e. The molecule has 0 spiro atoms. The molecule has 100 valence electrons. The highest BCUT2D eigenvalue weighted by molar-refractivity contribution is 6.32. The number of anilines is 1. The quantitative estimate of drug-likeness (QED) is 0.884. The zero-order valence-electron chi connectivity index (χ0n) is 11.1. The summed E-state index contributed by atoms with van der Waals surface area (Å²) in [5.74, 6) is 0.709. The number of rotatable bonds is 5. The van der Waals surface area contributed by atoms with Gasteiger partial charge in [-0.3, -0.25) is 4.98 Å². The Balaban J connectivity index is 2.09. The molecule has 1 atom stereocenters. The molecule has 1 unspecified atom stereocenters. The van der Waals surface area contributed by atoms with Gasteiger partial charge in [-0.2, -0.15) is 0 Å². The molecule has 0 saturated carbocycles. The molecule has 1 N–H and O–H groups in total. The van der Waals surface area contributed by atoms with Crippen LogP contribution >= 0.6 is 11.6 Å². The topological polar surface area (TPSA) is 34.1 Å². The third-order valence-corrected chi connectivity index (χ3v) is 3.04. The predicted octanol–water partition coefficient (Wildman–Crippen LogP) is 4.31. The molecule has 0 bridgehead atoms. The molecule has 3 nitrogen and oxygen atoms in total. The van der Waals surface area contributed by atoms with Gasteiger partial charge in [0, 0.05) is 11.9 Å². The molecule has 0 saturated heterocycles. The minimum atomic E-state index is 0.121. The molecule has 19 heavy (non-hydrogen) atoms. The average Bonchev–Trinajstić information content (AvgIpc) is 2.43. The van der Waals surface area contributed by atoms with E-state index in [2.05, 4.69) is 17.2 Å². The van der Waals surface area contributed by atoms with E-state index in [0.29, 0.717) is 17.4 Å². The fraction of sp³-hybridized carbons (Fsp3) is 0.267. The monoisotopic (exact) mass is 276 g/mol. The Morgan fingerprint density at radius 2 is 2.16 bits per heavy atom. The van der Waals surface area contributed by atoms with E-state index in [4.69, 9.17) is 16.3 Å². The SMILES string of the molecule is CCOc1ccc(NC(C)c2ccccn2)cc1Cl. The number of ether oxygens (including phenoxy) is 1. The van der Waals surface area contributed by atoms with Crippen molar-refractivity contribution in [3.05, 3.63) is 53.3 Å². The summed E-state index contributed by atoms with van der Waals surface area (Å²) in [6, 6.07) is 11.7. The number of pyridine rings is 1. The molecule has 0 radical (unpaired) electrons. The first kappa shape index (κ1) is 13.7. The summed E-state index contributed by atoms with van der Waals surface area (Å²) < 4.78 is 5.41. The summed E-state index contributed by atoms with van der Waals surface area (Å²) in [5.41, 5.74) is 1.94. The lowest BCUT2D eigenvalue weighted by atomic mass is 10.2. The lowest BCUT2D eigenvalue weighted by molar-refractivity contribution is 0.340. The standard InChI is InChI=1S/C15H17ClN2O/c1-3-19-15-8-7-12(10-13(15)16)18-11(2)14-6-4-5-9-17-14/h4-11,18H,3H2,1-2H3. The van der Waals surface area contributed by atoms with Crippen LogP contribution in [0.15, 0.2) is 42.6 Å². The second-order valence-corrected chi connectivity index (χ2v) is 4.61. The molecule has 0 fully saturated rings. The van der Waals surface area contributed by atoms with Gasteiger partial charge in [-0.1, -0.05) is 17.7 Å². The van der Waals surface area contributed by atoms with Gasteiger partial charge in [0.1, 0.15) is 5.75 Å². The van der Waals surface area contributed by atoms with Gasteiger partial charge in [0.25, 0.3) is 0 Å². The Hall–Kier alpha value is -1.74. The second-order valence-electron chi connectivity index (χ2n) is 4.20. The van der Waals surface area contributed by atoms with Crippen LogP contribution in [0.3, 0.4) is 0 Å². The normalized spacial score (nSPS) is 11.9. The molecular formula is C15H17ClN2O. The molecular weight excluding hydrogens is 260 g/mol. The first-order chi connectivity index (χ1) is 9.20. The number of nitrogens with zero attached hydrogens (tertiary/aromatic N) is 1. The molecule has 2 aromatic rings. The first-order valence-corrected chi connectivity index (χ1v) is 6.68. The molecule has 1 aromatic carbocycles. The van der Waals surface area contributed by atoms with Crippen LogP contribution in [-0.4, -0.2) is 11.6 Å². The van der Waals surface area contributed by atoms with E-state index < -0.39 is 0 Å². The highest BCUT2D eigenvalue weighted by Gasteiger charge is 2.08. The van der Waals surface area contributed by atoms with Crippen LogP contribution in [0.4, 0.5) is 5.69 Å². The van der Waals surface area contributed by atoms with Gasteiger partial charge in [-0.05, 0) is 44.2 Å². The number of benzene rings is 1. The van der Waals surface area contributed by atoms with Gasteiger partial charge in [-0.15, -0.1) is 0 Å². The first-order valence-electron chi connectivity index (χ1n) is 6.30. The largest absolute Gasteiger partial charge is 0.492 e. The van der Waals surface area contributed by atoms with Gasteiger partial charge >= 0.3 is 0 Å². The van der Waals surface area contributed by atoms with E-state index in [1.807, 2.05) is 43.3 Å². The van der Waals surface area contributed by atoms with E-state index in [0.717, 1.165) is 11.4 Å². The van der Waals surface area contributed by atoms with Crippen molar-refractivity contribution in [2.24, 2.45) is 0 Å². The Kier molecular flexibility index (Phi) is 4.63. The maximum absolute atomic E-state index is 6.16. The summed E-state index contributed by atoms with van der Waals surface area (Å²) in [5, 5.41) is 3.98. The third-order valence-electron chi connectivity index (χ3n) is 2.75. The molecule has 4 heteroatoms. The fourth-order valence-corrected chi connectivity index (χ4v) is 2.05. The Morgan fingerprint density at radius 3 is 2.79 bits per heavy atom. The Morgan fingerprint density at radius 1 is 1.32 bits per heavy atom. The van der Waals surface area contributed by atoms with E-state index in [-0.39, 0.29) is 6.04 Å². The van der Waals surface area contributed by atoms with Crippen LogP contribution in [0.2, 0.25) is 5.02 Å². The van der Waals surface area contributed by atoms with Crippen molar-refractivity contribution in [1.29, 1.82) is 0 Å². The van der Waals surface area contributed by atoms with Gasteiger partial charge in [0.15, 0.2) is 0 Å². The molecule has 1 heterocycles. The zero-order chi connectivity index (χ0) is 13.7. The van der Waals surface area contributed by atoms with Crippen LogP contribution < -0.4 is 10.1 Å². The summed E-state index contributed by atoms with van der Waals surface area (Å²) in [6.45, 7) is 4.61. The number of halogens is 1. The Labute approximate surface area is 118 Å². The number of aromatic nitrogens is 1. The fourth-order valence-electron chi connectivity index (χ4n) is 1.82. The van der Waals surface area contributed by atoms with E-state index >= 15 is 0 Å². The van der Waals surface area contributed by atoms with Crippen LogP contribution in [0.1, 0.15) is 25.6 Å². The summed E-state index contributed by atoms with van der Waals surface area (Å²) >= 11 is 6.16. The lowest BCUT2D eigenvalue weighted by Gasteiger charge is -2.15. The lowest BCUT2D eigenvalue weighted by Crippen LogP contribution is -2.08. The average molecular weight is 277 g/mol. The van der Waals surface area contributed by atoms with Crippen LogP contribution in [0.25, 0.3) is 0 Å². The van der Waals surface area contributed by atoms with Gasteiger partial charge in [-0.25, -0.2) is 0 Å². The summed E-state index contributed by atoms with van der Waals surface area (Å²) in [7, 11) is 0. The van der Waals surface area contributed by atoms with Crippen molar-refractivity contribution in [2.45, 2.75) is 19.9 Å². The summed E-state index contributed by atoms with van der Waals surface area (Å²) in [6.07, 6.45) is 1.79. The van der Waals surface area contributed by atoms with Crippen molar-refractivity contribution in [3.8, 4) is 5.75 Å². The van der Waals surface area contributed by atoms with E-state index in [9.17, 15) is 0 Å². The number of hydrogen-bond acceptors (Lipinski definition) is 3. The van der Waals surface area contributed by atoms with Crippen LogP contribution in [0.5, 0.6) is 5.75 Å². The minimum absolute atomic E-state index is 0.121. The molecule has 0 aliphatic rings. The molecule has 0 aliphatic heterocycles. The van der Waals surface area contributed by atoms with Gasteiger partial charge < -0.3 is 10.1 Å². The van der Waals surface area contributed by atoms with E-state index in [1.165, 1.54) is 0 Å². The van der Waals surface area contributed by atoms with Crippen LogP contribution in [-0.2, 0) is 0 Å². The Bertz CT molecular complexity index is 531. The number of nitrogens with one attached hydrogen (secondary N) is 1. The van der Waals surface area contributed by atoms with Crippen LogP contribution in [0, 0.1) is 0 Å². The van der Waals surface area contributed by atoms with Crippen molar-refractivity contribution < 1.29 is 4.74 Å². The summed E-state index contributed by atoms with van der Waals surface area (Å²) in [4.78, 5) is 4.32. The zero-order valence-corrected chi connectivity index (χ0v) is 11.8. The minimum Gasteiger partial charge on any atom is -0.492 e. The van der Waals surface area contributed by atoms with Crippen molar-refractivity contribution in [1.82, 2.24) is 4.98 Å². The molecule has 0 amide bonds. The number of hydrogen-bond donors (Lipinski definition) is 1. The predicted molar refractivity (Wildman–Crippen MR) is 78.9 cm³/mol. The van der Waals surface area contributed by atoms with Crippen molar-refractivity contribution in [2.75, 3.05) is 11.9 Å². The van der Waals surface area contributed by atoms with Gasteiger partial charge in [0.05, 0.1) is 23.4 Å². The van der Waals surface area contributed by atoms with Gasteiger partial charge in [0.2, 0.25) is 0 Å². The molecule has 2 rings (SSSR count). The highest BCUT2D eigenvalue weighted by Crippen LogP contribution is 2.29. The molecule has 0 aliphatic carbocycles. The third kappa shape index (κ3) is 3.61. The maximum atomic E-state index is 6.16. The highest BCUT2D eigenvalue weighted by atomic mass is 35.5. The van der Waals surface area contributed by atoms with E-state index in [1.54, 1.807) is 6.20 Å².